The molecular formula is C23H19ClN2O4. The molecule has 0 saturated heterocycles. The van der Waals surface area contributed by atoms with E-state index in [4.69, 9.17) is 25.5 Å². The summed E-state index contributed by atoms with van der Waals surface area (Å²) in [7, 11) is 3.10. The zero-order valence-corrected chi connectivity index (χ0v) is 17.2. The molecular weight excluding hydrogens is 404 g/mol. The number of furan rings is 1. The van der Waals surface area contributed by atoms with Crippen molar-refractivity contribution in [2.24, 2.45) is 0 Å². The van der Waals surface area contributed by atoms with E-state index < -0.39 is 5.91 Å². The highest BCUT2D eigenvalue weighted by atomic mass is 35.5. The van der Waals surface area contributed by atoms with Crippen LogP contribution >= 0.6 is 11.6 Å². The van der Waals surface area contributed by atoms with Gasteiger partial charge in [0.1, 0.15) is 34.7 Å². The first-order chi connectivity index (χ1) is 14.5. The highest BCUT2D eigenvalue weighted by molar-refractivity contribution is 6.30. The molecule has 152 valence electrons. The van der Waals surface area contributed by atoms with Crippen LogP contribution in [0.25, 0.3) is 17.4 Å². The monoisotopic (exact) mass is 422 g/mol. The van der Waals surface area contributed by atoms with Crippen LogP contribution < -0.4 is 14.8 Å². The number of carbonyl (C=O) groups is 1. The number of nitrogens with zero attached hydrogens (tertiary/aromatic N) is 1. The summed E-state index contributed by atoms with van der Waals surface area (Å²) in [6, 6.07) is 17.8. The van der Waals surface area contributed by atoms with Crippen LogP contribution in [0.4, 0.5) is 0 Å². The van der Waals surface area contributed by atoms with Gasteiger partial charge in [0.25, 0.3) is 5.91 Å². The van der Waals surface area contributed by atoms with Crippen molar-refractivity contribution in [1.82, 2.24) is 5.32 Å². The molecule has 1 aromatic heterocycles. The Morgan fingerprint density at radius 1 is 1.13 bits per heavy atom. The molecule has 0 spiro atoms. The van der Waals surface area contributed by atoms with Crippen LogP contribution in [0.5, 0.6) is 11.5 Å². The van der Waals surface area contributed by atoms with Crippen LogP contribution in [0.15, 0.2) is 64.6 Å². The quantitative estimate of drug-likeness (QED) is 0.435. The number of hydrogen-bond acceptors (Lipinski definition) is 5. The zero-order valence-electron chi connectivity index (χ0n) is 16.4. The SMILES string of the molecule is COc1ccc(CNC(=O)/C(C#N)=C/c2ccc(-c3ccc(Cl)cc3)o2)c(OC)c1. The normalized spacial score (nSPS) is 10.9. The van der Waals surface area contributed by atoms with Gasteiger partial charge in [0.2, 0.25) is 0 Å². The fourth-order valence-electron chi connectivity index (χ4n) is 2.76. The van der Waals surface area contributed by atoms with Crippen LogP contribution in [-0.4, -0.2) is 20.1 Å². The zero-order chi connectivity index (χ0) is 21.5. The smallest absolute Gasteiger partial charge is 0.262 e. The molecule has 0 fully saturated rings. The number of methoxy groups -OCH3 is 2. The van der Waals surface area contributed by atoms with Crippen LogP contribution in [0, 0.1) is 11.3 Å². The molecule has 6 nitrogen and oxygen atoms in total. The molecule has 0 aliphatic heterocycles. The number of amides is 1. The van der Waals surface area contributed by atoms with E-state index >= 15 is 0 Å². The van der Waals surface area contributed by atoms with Crippen molar-refractivity contribution in [2.45, 2.75) is 6.54 Å². The van der Waals surface area contributed by atoms with E-state index in [1.54, 1.807) is 49.6 Å². The molecule has 0 aliphatic rings. The fourth-order valence-corrected chi connectivity index (χ4v) is 2.89. The molecule has 1 N–H and O–H groups in total. The second-order valence-electron chi connectivity index (χ2n) is 6.24. The Kier molecular flexibility index (Phi) is 6.79. The first-order valence-electron chi connectivity index (χ1n) is 9.00. The molecule has 0 radical (unpaired) electrons. The molecule has 0 atom stereocenters. The summed E-state index contributed by atoms with van der Waals surface area (Å²) in [6.45, 7) is 0.194. The summed E-state index contributed by atoms with van der Waals surface area (Å²) in [6.07, 6.45) is 1.40. The van der Waals surface area contributed by atoms with E-state index in [0.717, 1.165) is 11.1 Å². The molecule has 7 heteroatoms. The first kappa shape index (κ1) is 21.0. The highest BCUT2D eigenvalue weighted by Gasteiger charge is 2.13. The maximum atomic E-state index is 12.5. The van der Waals surface area contributed by atoms with Gasteiger partial charge in [0, 0.05) is 34.8 Å². The maximum Gasteiger partial charge on any atom is 0.262 e. The van der Waals surface area contributed by atoms with Gasteiger partial charge in [-0.3, -0.25) is 4.79 Å². The molecule has 2 aromatic carbocycles. The predicted octanol–water partition coefficient (Wildman–Crippen LogP) is 4.84. The van der Waals surface area contributed by atoms with Gasteiger partial charge in [-0.25, -0.2) is 0 Å². The minimum absolute atomic E-state index is 0.0699. The van der Waals surface area contributed by atoms with Gasteiger partial charge in [0.15, 0.2) is 0 Å². The van der Waals surface area contributed by atoms with Crippen LogP contribution in [-0.2, 0) is 11.3 Å². The van der Waals surface area contributed by atoms with E-state index in [-0.39, 0.29) is 12.1 Å². The third-order valence-corrected chi connectivity index (χ3v) is 4.59. The molecule has 1 amide bonds. The second-order valence-corrected chi connectivity index (χ2v) is 6.68. The van der Waals surface area contributed by atoms with Gasteiger partial charge in [-0.1, -0.05) is 11.6 Å². The average Bonchev–Trinajstić information content (AvgIpc) is 3.24. The fraction of sp³-hybridized carbons (Fsp3) is 0.130. The molecule has 0 unspecified atom stereocenters. The Morgan fingerprint density at radius 2 is 1.90 bits per heavy atom. The van der Waals surface area contributed by atoms with Crippen molar-refractivity contribution < 1.29 is 18.7 Å². The Labute approximate surface area is 179 Å². The number of ether oxygens (including phenoxy) is 2. The largest absolute Gasteiger partial charge is 0.497 e. The van der Waals surface area contributed by atoms with Crippen LogP contribution in [0.2, 0.25) is 5.02 Å². The lowest BCUT2D eigenvalue weighted by Gasteiger charge is -2.11. The average molecular weight is 423 g/mol. The number of nitrogens with one attached hydrogen (secondary N) is 1. The summed E-state index contributed by atoms with van der Waals surface area (Å²) >= 11 is 5.90. The lowest BCUT2D eigenvalue weighted by molar-refractivity contribution is -0.117. The van der Waals surface area contributed by atoms with Crippen molar-refractivity contribution in [3.8, 4) is 28.9 Å². The highest BCUT2D eigenvalue weighted by Crippen LogP contribution is 2.26. The molecule has 3 aromatic rings. The molecule has 3 rings (SSSR count). The third-order valence-electron chi connectivity index (χ3n) is 4.34. The summed E-state index contributed by atoms with van der Waals surface area (Å²) in [5.74, 6) is 1.72. The van der Waals surface area contributed by atoms with Gasteiger partial charge < -0.3 is 19.2 Å². The van der Waals surface area contributed by atoms with Gasteiger partial charge in [0.05, 0.1) is 14.2 Å². The van der Waals surface area contributed by atoms with E-state index in [1.165, 1.54) is 13.2 Å². The maximum absolute atomic E-state index is 12.5. The molecule has 0 aliphatic carbocycles. The van der Waals surface area contributed by atoms with E-state index in [1.807, 2.05) is 18.2 Å². The number of benzene rings is 2. The number of nitriles is 1. The predicted molar refractivity (Wildman–Crippen MR) is 114 cm³/mol. The number of carbonyl (C=O) groups excluding carboxylic acids is 1. The number of hydrogen-bond donors (Lipinski definition) is 1. The Hall–Kier alpha value is -3.69. The first-order valence-corrected chi connectivity index (χ1v) is 9.38. The lowest BCUT2D eigenvalue weighted by atomic mass is 10.1. The van der Waals surface area contributed by atoms with Crippen molar-refractivity contribution in [3.05, 3.63) is 76.5 Å². The molecule has 0 saturated carbocycles. The topological polar surface area (TPSA) is 84.5 Å². The summed E-state index contributed by atoms with van der Waals surface area (Å²) in [5, 5.41) is 12.7. The summed E-state index contributed by atoms with van der Waals surface area (Å²) in [5.41, 5.74) is 1.53. The van der Waals surface area contributed by atoms with Gasteiger partial charge in [-0.05, 0) is 48.5 Å². The van der Waals surface area contributed by atoms with Crippen molar-refractivity contribution in [3.63, 3.8) is 0 Å². The Balaban J connectivity index is 1.71. The number of halogens is 1. The second kappa shape index (κ2) is 9.68. The lowest BCUT2D eigenvalue weighted by Crippen LogP contribution is -2.24. The van der Waals surface area contributed by atoms with Gasteiger partial charge >= 0.3 is 0 Å². The van der Waals surface area contributed by atoms with Crippen molar-refractivity contribution in [2.75, 3.05) is 14.2 Å². The van der Waals surface area contributed by atoms with E-state index in [9.17, 15) is 10.1 Å². The minimum Gasteiger partial charge on any atom is -0.497 e. The minimum atomic E-state index is -0.514. The van der Waals surface area contributed by atoms with Gasteiger partial charge in [-0.15, -0.1) is 0 Å². The van der Waals surface area contributed by atoms with Crippen molar-refractivity contribution in [1.29, 1.82) is 5.26 Å². The molecule has 30 heavy (non-hydrogen) atoms. The summed E-state index contributed by atoms with van der Waals surface area (Å²) < 4.78 is 16.2. The molecule has 0 bridgehead atoms. The standard InChI is InChI=1S/C23H19ClN2O4/c1-28-19-8-5-16(22(12-19)29-2)14-26-23(27)17(13-25)11-20-9-10-21(30-20)15-3-6-18(24)7-4-15/h3-12H,14H2,1-2H3,(H,26,27)/b17-11+. The third kappa shape index (κ3) is 5.02. The van der Waals surface area contributed by atoms with Crippen LogP contribution in [0.3, 0.4) is 0 Å². The molecule has 1 heterocycles. The van der Waals surface area contributed by atoms with E-state index in [0.29, 0.717) is 28.0 Å². The Morgan fingerprint density at radius 3 is 2.57 bits per heavy atom. The summed E-state index contributed by atoms with van der Waals surface area (Å²) in [4.78, 5) is 12.5. The van der Waals surface area contributed by atoms with Gasteiger partial charge in [-0.2, -0.15) is 5.26 Å². The number of rotatable bonds is 7. The van der Waals surface area contributed by atoms with Crippen molar-refractivity contribution >= 4 is 23.6 Å². The van der Waals surface area contributed by atoms with E-state index in [2.05, 4.69) is 5.32 Å². The Bertz CT molecular complexity index is 1110. The van der Waals surface area contributed by atoms with Crippen LogP contribution in [0.1, 0.15) is 11.3 Å².